The second-order valence-corrected chi connectivity index (χ2v) is 3.47. The van der Waals surface area contributed by atoms with Crippen LogP contribution in [0, 0.1) is 0 Å². The molecular formula is C15H14. The lowest BCUT2D eigenvalue weighted by molar-refractivity contribution is 1.65. The molecule has 0 saturated heterocycles. The Morgan fingerprint density at radius 1 is 1.07 bits per heavy atom. The summed E-state index contributed by atoms with van der Waals surface area (Å²) >= 11 is 0. The summed E-state index contributed by atoms with van der Waals surface area (Å²) in [5, 5.41) is 2.56. The maximum absolute atomic E-state index is 3.85. The van der Waals surface area contributed by atoms with Crippen LogP contribution >= 0.6 is 0 Å². The van der Waals surface area contributed by atoms with Crippen LogP contribution in [0.4, 0.5) is 0 Å². The van der Waals surface area contributed by atoms with E-state index in [-0.39, 0.29) is 0 Å². The molecule has 74 valence electrons. The fourth-order valence-corrected chi connectivity index (χ4v) is 1.86. The Labute approximate surface area is 90.6 Å². The summed E-state index contributed by atoms with van der Waals surface area (Å²) < 4.78 is 0. The zero-order chi connectivity index (χ0) is 10.7. The lowest BCUT2D eigenvalue weighted by atomic mass is 9.98. The van der Waals surface area contributed by atoms with Crippen LogP contribution in [0.5, 0.6) is 0 Å². The third-order valence-electron chi connectivity index (χ3n) is 2.63. The van der Waals surface area contributed by atoms with Gasteiger partial charge in [0.2, 0.25) is 0 Å². The molecule has 0 aliphatic carbocycles. The van der Waals surface area contributed by atoms with Crippen molar-refractivity contribution < 1.29 is 0 Å². The quantitative estimate of drug-likeness (QED) is 0.620. The minimum absolute atomic E-state index is 1.19. The minimum atomic E-state index is 1.19. The SMILES string of the molecule is C=C/C(=C\C)c1cccc2ccccc12. The number of rotatable bonds is 2. The third-order valence-corrected chi connectivity index (χ3v) is 2.63. The Kier molecular flexibility index (Phi) is 2.68. The normalized spacial score (nSPS) is 11.7. The Hall–Kier alpha value is -1.82. The van der Waals surface area contributed by atoms with E-state index < -0.39 is 0 Å². The van der Waals surface area contributed by atoms with Crippen LogP contribution in [0.3, 0.4) is 0 Å². The van der Waals surface area contributed by atoms with E-state index >= 15 is 0 Å². The lowest BCUT2D eigenvalue weighted by Gasteiger charge is -2.06. The smallest absolute Gasteiger partial charge is 0.0106 e. The molecule has 0 radical (unpaired) electrons. The molecule has 0 fully saturated rings. The molecule has 0 N–H and O–H groups in total. The molecule has 0 heteroatoms. The summed E-state index contributed by atoms with van der Waals surface area (Å²) in [6.45, 7) is 5.89. The summed E-state index contributed by atoms with van der Waals surface area (Å²) in [7, 11) is 0. The summed E-state index contributed by atoms with van der Waals surface area (Å²) in [5.74, 6) is 0. The molecular weight excluding hydrogens is 180 g/mol. The highest BCUT2D eigenvalue weighted by Gasteiger charge is 2.01. The summed E-state index contributed by atoms with van der Waals surface area (Å²) in [6, 6.07) is 14.8. The van der Waals surface area contributed by atoms with E-state index in [0.717, 1.165) is 0 Å². The van der Waals surface area contributed by atoms with Crippen molar-refractivity contribution in [2.75, 3.05) is 0 Å². The van der Waals surface area contributed by atoms with Gasteiger partial charge in [0.25, 0.3) is 0 Å². The lowest BCUT2D eigenvalue weighted by Crippen LogP contribution is -1.83. The zero-order valence-corrected chi connectivity index (χ0v) is 8.90. The zero-order valence-electron chi connectivity index (χ0n) is 8.90. The first kappa shape index (κ1) is 9.72. The third kappa shape index (κ3) is 1.71. The number of hydrogen-bond acceptors (Lipinski definition) is 0. The molecule has 0 unspecified atom stereocenters. The van der Waals surface area contributed by atoms with E-state index in [2.05, 4.69) is 55.1 Å². The molecule has 0 nitrogen and oxygen atoms in total. The van der Waals surface area contributed by atoms with Crippen molar-refractivity contribution in [3.8, 4) is 0 Å². The fraction of sp³-hybridized carbons (Fsp3) is 0.0667. The molecule has 0 aliphatic heterocycles. The molecule has 0 aliphatic rings. The van der Waals surface area contributed by atoms with Crippen LogP contribution in [0.25, 0.3) is 16.3 Å². The van der Waals surface area contributed by atoms with Crippen molar-refractivity contribution in [1.29, 1.82) is 0 Å². The molecule has 0 spiro atoms. The van der Waals surface area contributed by atoms with Gasteiger partial charge in [-0.25, -0.2) is 0 Å². The molecule has 2 aromatic rings. The first-order valence-corrected chi connectivity index (χ1v) is 5.13. The van der Waals surface area contributed by atoms with Gasteiger partial charge in [0.05, 0.1) is 0 Å². The highest BCUT2D eigenvalue weighted by Crippen LogP contribution is 2.25. The predicted molar refractivity (Wildman–Crippen MR) is 67.8 cm³/mol. The molecule has 0 aromatic heterocycles. The predicted octanol–water partition coefficient (Wildman–Crippen LogP) is 4.43. The van der Waals surface area contributed by atoms with Gasteiger partial charge in [0.1, 0.15) is 0 Å². The molecule has 15 heavy (non-hydrogen) atoms. The summed E-state index contributed by atoms with van der Waals surface area (Å²) in [5.41, 5.74) is 2.44. The van der Waals surface area contributed by atoms with Gasteiger partial charge < -0.3 is 0 Å². The topological polar surface area (TPSA) is 0 Å². The van der Waals surface area contributed by atoms with E-state index in [9.17, 15) is 0 Å². The van der Waals surface area contributed by atoms with E-state index in [1.807, 2.05) is 13.0 Å². The van der Waals surface area contributed by atoms with Crippen molar-refractivity contribution >= 4 is 16.3 Å². The maximum Gasteiger partial charge on any atom is -0.0106 e. The van der Waals surface area contributed by atoms with E-state index in [1.165, 1.54) is 21.9 Å². The van der Waals surface area contributed by atoms with Gasteiger partial charge in [-0.1, -0.05) is 61.2 Å². The van der Waals surface area contributed by atoms with Crippen molar-refractivity contribution in [3.05, 3.63) is 66.8 Å². The maximum atomic E-state index is 3.85. The number of allylic oxidation sites excluding steroid dienone is 3. The van der Waals surface area contributed by atoms with Crippen LogP contribution in [-0.4, -0.2) is 0 Å². The highest BCUT2D eigenvalue weighted by molar-refractivity contribution is 5.95. The molecule has 0 atom stereocenters. The fourth-order valence-electron chi connectivity index (χ4n) is 1.86. The minimum Gasteiger partial charge on any atom is -0.0985 e. The Balaban J connectivity index is 2.76. The van der Waals surface area contributed by atoms with Gasteiger partial charge in [-0.2, -0.15) is 0 Å². The van der Waals surface area contributed by atoms with Crippen LogP contribution in [0.2, 0.25) is 0 Å². The Morgan fingerprint density at radius 3 is 2.53 bits per heavy atom. The number of hydrogen-bond donors (Lipinski definition) is 0. The molecule has 2 rings (SSSR count). The van der Waals surface area contributed by atoms with Gasteiger partial charge in [0.15, 0.2) is 0 Å². The van der Waals surface area contributed by atoms with Gasteiger partial charge >= 0.3 is 0 Å². The number of benzene rings is 2. The van der Waals surface area contributed by atoms with Crippen LogP contribution < -0.4 is 0 Å². The van der Waals surface area contributed by atoms with E-state index in [4.69, 9.17) is 0 Å². The van der Waals surface area contributed by atoms with Crippen molar-refractivity contribution in [1.82, 2.24) is 0 Å². The van der Waals surface area contributed by atoms with Gasteiger partial charge in [-0.05, 0) is 28.8 Å². The standard InChI is InChI=1S/C15H14/c1-3-12(4-2)14-11-7-9-13-8-5-6-10-15(13)14/h3-11H,1H2,2H3/b12-4+. The van der Waals surface area contributed by atoms with Crippen molar-refractivity contribution in [2.24, 2.45) is 0 Å². The van der Waals surface area contributed by atoms with E-state index in [0.29, 0.717) is 0 Å². The average molecular weight is 194 g/mol. The number of fused-ring (bicyclic) bond motifs is 1. The second kappa shape index (κ2) is 4.14. The summed E-state index contributed by atoms with van der Waals surface area (Å²) in [6.07, 6.45) is 4.00. The first-order chi connectivity index (χ1) is 7.36. The van der Waals surface area contributed by atoms with Gasteiger partial charge in [-0.15, -0.1) is 0 Å². The van der Waals surface area contributed by atoms with Crippen LogP contribution in [-0.2, 0) is 0 Å². The largest absolute Gasteiger partial charge is 0.0985 e. The van der Waals surface area contributed by atoms with Gasteiger partial charge in [-0.3, -0.25) is 0 Å². The van der Waals surface area contributed by atoms with Crippen molar-refractivity contribution in [3.63, 3.8) is 0 Å². The van der Waals surface area contributed by atoms with Crippen LogP contribution in [0.1, 0.15) is 12.5 Å². The highest BCUT2D eigenvalue weighted by atomic mass is 14.1. The average Bonchev–Trinajstić information content (AvgIpc) is 2.31. The first-order valence-electron chi connectivity index (χ1n) is 5.13. The monoisotopic (exact) mass is 194 g/mol. The molecule has 0 heterocycles. The Bertz CT molecular complexity index is 513. The van der Waals surface area contributed by atoms with E-state index in [1.54, 1.807) is 0 Å². The van der Waals surface area contributed by atoms with Gasteiger partial charge in [0, 0.05) is 0 Å². The van der Waals surface area contributed by atoms with Crippen molar-refractivity contribution in [2.45, 2.75) is 6.92 Å². The molecule has 0 saturated carbocycles. The van der Waals surface area contributed by atoms with Crippen LogP contribution in [0.15, 0.2) is 61.2 Å². The Morgan fingerprint density at radius 2 is 1.80 bits per heavy atom. The second-order valence-electron chi connectivity index (χ2n) is 3.47. The molecule has 0 bridgehead atoms. The molecule has 0 amide bonds. The molecule has 2 aromatic carbocycles. The summed E-state index contributed by atoms with van der Waals surface area (Å²) in [4.78, 5) is 0.